The lowest BCUT2D eigenvalue weighted by atomic mass is 9.99. The van der Waals surface area contributed by atoms with Crippen LogP contribution in [0.5, 0.6) is 5.75 Å². The average Bonchev–Trinajstić information content (AvgIpc) is 2.87. The highest BCUT2D eigenvalue weighted by Gasteiger charge is 2.18. The first kappa shape index (κ1) is 22.4. The Morgan fingerprint density at radius 3 is 2.29 bits per heavy atom. The van der Waals surface area contributed by atoms with Gasteiger partial charge in [-0.05, 0) is 85.3 Å². The summed E-state index contributed by atoms with van der Waals surface area (Å²) in [4.78, 5) is 14.6. The Morgan fingerprint density at radius 2 is 1.56 bits per heavy atom. The summed E-state index contributed by atoms with van der Waals surface area (Å²) >= 11 is 0. The molecule has 5 rings (SSSR count). The van der Waals surface area contributed by atoms with E-state index in [9.17, 15) is 5.11 Å². The minimum absolute atomic E-state index is 0.367. The Labute approximate surface area is 201 Å². The van der Waals surface area contributed by atoms with Crippen LogP contribution in [-0.4, -0.2) is 52.7 Å². The molecule has 5 nitrogen and oxygen atoms in total. The molecule has 174 valence electrons. The van der Waals surface area contributed by atoms with Crippen molar-refractivity contribution in [3.05, 3.63) is 83.6 Å². The zero-order valence-electron chi connectivity index (χ0n) is 20.0. The van der Waals surface area contributed by atoms with Gasteiger partial charge in [0, 0.05) is 26.2 Å². The van der Waals surface area contributed by atoms with Crippen molar-refractivity contribution >= 4 is 16.9 Å². The third-order valence-corrected chi connectivity index (χ3v) is 6.83. The smallest absolute Gasteiger partial charge is 0.147 e. The third kappa shape index (κ3) is 4.90. The van der Waals surface area contributed by atoms with Crippen LogP contribution in [0, 0.1) is 13.8 Å². The van der Waals surface area contributed by atoms with Gasteiger partial charge in [-0.1, -0.05) is 36.4 Å². The Hall–Kier alpha value is -3.44. The topological polar surface area (TPSA) is 52.5 Å². The number of nitrogens with zero attached hydrogens (tertiary/aromatic N) is 4. The molecular weight excluding hydrogens is 420 g/mol. The predicted octanol–water partition coefficient (Wildman–Crippen LogP) is 5.37. The molecule has 2 heterocycles. The maximum absolute atomic E-state index is 10.1. The summed E-state index contributed by atoms with van der Waals surface area (Å²) in [6.07, 6.45) is 4.24. The van der Waals surface area contributed by atoms with Crippen LogP contribution in [0.3, 0.4) is 0 Å². The van der Waals surface area contributed by atoms with Gasteiger partial charge in [-0.15, -0.1) is 0 Å². The lowest BCUT2D eigenvalue weighted by Gasteiger charge is -2.35. The van der Waals surface area contributed by atoms with Gasteiger partial charge in [0.05, 0.1) is 17.2 Å². The van der Waals surface area contributed by atoms with Crippen molar-refractivity contribution in [1.29, 1.82) is 0 Å². The highest BCUT2D eigenvalue weighted by atomic mass is 16.3. The Balaban J connectivity index is 1.24. The summed E-state index contributed by atoms with van der Waals surface area (Å²) in [7, 11) is 0. The van der Waals surface area contributed by atoms with Crippen molar-refractivity contribution in [3.63, 3.8) is 0 Å². The minimum atomic E-state index is 0.367. The maximum Gasteiger partial charge on any atom is 0.147 e. The molecule has 0 radical (unpaired) electrons. The summed E-state index contributed by atoms with van der Waals surface area (Å²) in [5.41, 5.74) is 7.18. The normalized spacial score (nSPS) is 14.6. The fraction of sp³-hybridized carbons (Fsp3) is 0.310. The fourth-order valence-corrected chi connectivity index (χ4v) is 4.81. The predicted molar refractivity (Wildman–Crippen MR) is 140 cm³/mol. The summed E-state index contributed by atoms with van der Waals surface area (Å²) in [5, 5.41) is 10.1. The van der Waals surface area contributed by atoms with E-state index in [0.717, 1.165) is 78.2 Å². The highest BCUT2D eigenvalue weighted by Crippen LogP contribution is 2.30. The molecule has 4 aromatic rings. The Kier molecular flexibility index (Phi) is 6.45. The molecule has 0 saturated carbocycles. The molecule has 5 heteroatoms. The van der Waals surface area contributed by atoms with E-state index in [2.05, 4.69) is 57.2 Å². The van der Waals surface area contributed by atoms with Crippen LogP contribution in [0.2, 0.25) is 0 Å². The van der Waals surface area contributed by atoms with E-state index in [1.165, 1.54) is 12.0 Å². The number of phenols is 1. The molecule has 1 fully saturated rings. The van der Waals surface area contributed by atoms with Gasteiger partial charge in [0.2, 0.25) is 0 Å². The van der Waals surface area contributed by atoms with Crippen molar-refractivity contribution in [2.75, 3.05) is 37.6 Å². The number of hydrogen-bond donors (Lipinski definition) is 1. The van der Waals surface area contributed by atoms with E-state index in [0.29, 0.717) is 5.75 Å². The van der Waals surface area contributed by atoms with Crippen molar-refractivity contribution in [2.24, 2.45) is 0 Å². The summed E-state index contributed by atoms with van der Waals surface area (Å²) < 4.78 is 0. The molecule has 0 unspecified atom stereocenters. The fourth-order valence-electron chi connectivity index (χ4n) is 4.81. The van der Waals surface area contributed by atoms with Crippen LogP contribution < -0.4 is 4.90 Å². The maximum atomic E-state index is 10.1. The number of rotatable bonds is 6. The van der Waals surface area contributed by atoms with E-state index < -0.39 is 0 Å². The van der Waals surface area contributed by atoms with Gasteiger partial charge < -0.3 is 10.0 Å². The summed E-state index contributed by atoms with van der Waals surface area (Å²) in [6, 6.07) is 21.0. The zero-order chi connectivity index (χ0) is 23.5. The van der Waals surface area contributed by atoms with Crippen LogP contribution in [-0.2, 0) is 6.42 Å². The average molecular weight is 453 g/mol. The van der Waals surface area contributed by atoms with Gasteiger partial charge in [-0.2, -0.15) is 0 Å². The highest BCUT2D eigenvalue weighted by molar-refractivity contribution is 5.82. The number of hydrogen-bond acceptors (Lipinski definition) is 5. The second-order valence-corrected chi connectivity index (χ2v) is 9.31. The SMILES string of the molecule is Cc1cc(-c2ccc3ncc(N4CCN(CCCc5ccccc5)CC4)nc3c2)cc(C)c1O. The molecule has 1 saturated heterocycles. The van der Waals surface area contributed by atoms with E-state index in [1.54, 1.807) is 0 Å². The number of benzene rings is 3. The van der Waals surface area contributed by atoms with Gasteiger partial charge in [-0.25, -0.2) is 4.98 Å². The Morgan fingerprint density at radius 1 is 0.824 bits per heavy atom. The molecule has 1 aliphatic rings. The van der Waals surface area contributed by atoms with Crippen LogP contribution in [0.25, 0.3) is 22.2 Å². The Bertz CT molecular complexity index is 1260. The first-order chi connectivity index (χ1) is 16.6. The molecule has 0 spiro atoms. The van der Waals surface area contributed by atoms with Gasteiger partial charge in [0.15, 0.2) is 0 Å². The second kappa shape index (κ2) is 9.82. The third-order valence-electron chi connectivity index (χ3n) is 6.83. The molecule has 1 aliphatic heterocycles. The minimum Gasteiger partial charge on any atom is -0.507 e. The van der Waals surface area contributed by atoms with Crippen molar-refractivity contribution in [1.82, 2.24) is 14.9 Å². The van der Waals surface area contributed by atoms with Crippen LogP contribution >= 0.6 is 0 Å². The van der Waals surface area contributed by atoms with Crippen LogP contribution in [0.4, 0.5) is 5.82 Å². The molecule has 1 N–H and O–H groups in total. The number of phenolic OH excluding ortho intramolecular Hbond substituents is 1. The van der Waals surface area contributed by atoms with E-state index in [-0.39, 0.29) is 0 Å². The van der Waals surface area contributed by atoms with E-state index >= 15 is 0 Å². The number of piperazine rings is 1. The molecule has 1 aromatic heterocycles. The molecule has 3 aromatic carbocycles. The number of aromatic hydroxyl groups is 1. The summed E-state index contributed by atoms with van der Waals surface area (Å²) in [6.45, 7) is 9.07. The lowest BCUT2D eigenvalue weighted by Crippen LogP contribution is -2.47. The standard InChI is InChI=1S/C29H32N4O/c1-21-17-25(18-22(2)29(21)34)24-10-11-26-27(19-24)31-28(20-30-26)33-15-13-32(14-16-33)12-6-9-23-7-4-3-5-8-23/h3-5,7-8,10-11,17-20,34H,6,9,12-16H2,1-2H3. The van der Waals surface area contributed by atoms with Crippen LogP contribution in [0.1, 0.15) is 23.1 Å². The van der Waals surface area contributed by atoms with Crippen molar-refractivity contribution in [2.45, 2.75) is 26.7 Å². The largest absolute Gasteiger partial charge is 0.507 e. The summed E-state index contributed by atoms with van der Waals surface area (Å²) in [5.74, 6) is 1.32. The molecule has 0 amide bonds. The van der Waals surface area contributed by atoms with Gasteiger partial charge in [0.25, 0.3) is 0 Å². The number of aryl methyl sites for hydroxylation is 3. The first-order valence-corrected chi connectivity index (χ1v) is 12.2. The van der Waals surface area contributed by atoms with Crippen molar-refractivity contribution < 1.29 is 5.11 Å². The molecular formula is C29H32N4O. The van der Waals surface area contributed by atoms with Gasteiger partial charge >= 0.3 is 0 Å². The first-order valence-electron chi connectivity index (χ1n) is 12.2. The number of anilines is 1. The monoisotopic (exact) mass is 452 g/mol. The van der Waals surface area contributed by atoms with Gasteiger partial charge in [0.1, 0.15) is 11.6 Å². The molecule has 0 aliphatic carbocycles. The second-order valence-electron chi connectivity index (χ2n) is 9.31. The zero-order valence-corrected chi connectivity index (χ0v) is 20.0. The number of aromatic nitrogens is 2. The van der Waals surface area contributed by atoms with E-state index in [1.807, 2.05) is 38.2 Å². The molecule has 34 heavy (non-hydrogen) atoms. The quantitative estimate of drug-likeness (QED) is 0.426. The molecule has 0 bridgehead atoms. The van der Waals surface area contributed by atoms with Crippen LogP contribution in [0.15, 0.2) is 66.9 Å². The lowest BCUT2D eigenvalue weighted by molar-refractivity contribution is 0.254. The van der Waals surface area contributed by atoms with Crippen molar-refractivity contribution in [3.8, 4) is 16.9 Å². The van der Waals surface area contributed by atoms with Gasteiger partial charge in [-0.3, -0.25) is 9.88 Å². The molecule has 0 atom stereocenters. The van der Waals surface area contributed by atoms with E-state index in [4.69, 9.17) is 4.98 Å². The number of fused-ring (bicyclic) bond motifs is 1.